The summed E-state index contributed by atoms with van der Waals surface area (Å²) in [5.74, 6) is 0. The zero-order valence-electron chi connectivity index (χ0n) is 9.46. The average Bonchev–Trinajstić information content (AvgIpc) is 2.29. The number of aryl methyl sites for hydroxylation is 1. The summed E-state index contributed by atoms with van der Waals surface area (Å²) in [7, 11) is 0. The van der Waals surface area contributed by atoms with E-state index in [0.717, 1.165) is 11.4 Å². The maximum Gasteiger partial charge on any atom is 0.405 e. The van der Waals surface area contributed by atoms with E-state index in [-0.39, 0.29) is 6.54 Å². The third-order valence-corrected chi connectivity index (χ3v) is 2.83. The predicted molar refractivity (Wildman–Crippen MR) is 59.0 cm³/mol. The van der Waals surface area contributed by atoms with E-state index in [1.165, 1.54) is 0 Å². The topological polar surface area (TPSA) is 28.2 Å². The monoisotopic (exact) mass is 245 g/mol. The molecule has 0 saturated carbocycles. The van der Waals surface area contributed by atoms with Crippen molar-refractivity contribution in [2.75, 3.05) is 24.5 Å². The van der Waals surface area contributed by atoms with Crippen molar-refractivity contribution in [3.63, 3.8) is 0 Å². The molecular weight excluding hydrogens is 231 g/mol. The number of piperazine rings is 1. The molecule has 1 aliphatic heterocycles. The van der Waals surface area contributed by atoms with Gasteiger partial charge < -0.3 is 10.2 Å². The molecule has 17 heavy (non-hydrogen) atoms. The van der Waals surface area contributed by atoms with E-state index < -0.39 is 12.2 Å². The van der Waals surface area contributed by atoms with Crippen molar-refractivity contribution in [3.8, 4) is 0 Å². The summed E-state index contributed by atoms with van der Waals surface area (Å²) in [6.07, 6.45) is -2.58. The van der Waals surface area contributed by atoms with Gasteiger partial charge in [-0.1, -0.05) is 0 Å². The molecule has 1 aliphatic rings. The SMILES string of the molecule is Cc1ccc(N2CCNC(C(F)(F)F)C2)cn1. The highest BCUT2D eigenvalue weighted by molar-refractivity contribution is 5.45. The summed E-state index contributed by atoms with van der Waals surface area (Å²) >= 11 is 0. The first-order valence-electron chi connectivity index (χ1n) is 5.44. The third kappa shape index (κ3) is 2.88. The first kappa shape index (κ1) is 12.2. The van der Waals surface area contributed by atoms with Gasteiger partial charge in [0.25, 0.3) is 0 Å². The normalized spacial score (nSPS) is 21.6. The molecule has 1 N–H and O–H groups in total. The van der Waals surface area contributed by atoms with Crippen LogP contribution in [-0.4, -0.2) is 36.8 Å². The standard InChI is InChI=1S/C11H14F3N3/c1-8-2-3-9(6-16-8)17-5-4-15-10(7-17)11(12,13)14/h2-3,6,10,15H,4-5,7H2,1H3. The molecule has 1 aromatic heterocycles. The fourth-order valence-corrected chi connectivity index (χ4v) is 1.85. The molecule has 1 aromatic rings. The lowest BCUT2D eigenvalue weighted by Gasteiger charge is -2.35. The number of aromatic nitrogens is 1. The Bertz CT molecular complexity index is 375. The van der Waals surface area contributed by atoms with Crippen LogP contribution in [0.3, 0.4) is 0 Å². The molecule has 0 aliphatic carbocycles. The molecule has 2 rings (SSSR count). The van der Waals surface area contributed by atoms with Gasteiger partial charge in [0, 0.05) is 25.3 Å². The Labute approximate surface area is 97.6 Å². The van der Waals surface area contributed by atoms with Crippen LogP contribution in [-0.2, 0) is 0 Å². The van der Waals surface area contributed by atoms with Gasteiger partial charge in [0.1, 0.15) is 6.04 Å². The highest BCUT2D eigenvalue weighted by atomic mass is 19.4. The van der Waals surface area contributed by atoms with E-state index in [2.05, 4.69) is 10.3 Å². The van der Waals surface area contributed by atoms with Crippen LogP contribution in [0, 0.1) is 6.92 Å². The summed E-state index contributed by atoms with van der Waals surface area (Å²) < 4.78 is 37.8. The quantitative estimate of drug-likeness (QED) is 0.816. The van der Waals surface area contributed by atoms with E-state index in [1.54, 1.807) is 23.2 Å². The van der Waals surface area contributed by atoms with Crippen LogP contribution in [0.4, 0.5) is 18.9 Å². The molecule has 3 nitrogen and oxygen atoms in total. The molecule has 1 unspecified atom stereocenters. The number of nitrogens with one attached hydrogen (secondary N) is 1. The molecule has 1 atom stereocenters. The van der Waals surface area contributed by atoms with Gasteiger partial charge >= 0.3 is 6.18 Å². The van der Waals surface area contributed by atoms with Gasteiger partial charge in [0.15, 0.2) is 0 Å². The van der Waals surface area contributed by atoms with E-state index in [4.69, 9.17) is 0 Å². The maximum atomic E-state index is 12.6. The molecule has 0 bridgehead atoms. The average molecular weight is 245 g/mol. The highest BCUT2D eigenvalue weighted by Crippen LogP contribution is 2.24. The fraction of sp³-hybridized carbons (Fsp3) is 0.545. The van der Waals surface area contributed by atoms with Crippen molar-refractivity contribution in [3.05, 3.63) is 24.0 Å². The van der Waals surface area contributed by atoms with Crippen LogP contribution in [0.25, 0.3) is 0 Å². The Morgan fingerprint density at radius 3 is 2.76 bits per heavy atom. The first-order chi connectivity index (χ1) is 7.97. The number of pyridine rings is 1. The van der Waals surface area contributed by atoms with Crippen LogP contribution >= 0.6 is 0 Å². The second-order valence-electron chi connectivity index (χ2n) is 4.15. The number of hydrogen-bond donors (Lipinski definition) is 1. The van der Waals surface area contributed by atoms with Gasteiger partial charge in [-0.05, 0) is 19.1 Å². The second-order valence-corrected chi connectivity index (χ2v) is 4.15. The van der Waals surface area contributed by atoms with Crippen LogP contribution in [0.1, 0.15) is 5.69 Å². The van der Waals surface area contributed by atoms with Crippen LogP contribution < -0.4 is 10.2 Å². The predicted octanol–water partition coefficient (Wildman–Crippen LogP) is 1.73. The zero-order chi connectivity index (χ0) is 12.5. The largest absolute Gasteiger partial charge is 0.405 e. The molecule has 2 heterocycles. The third-order valence-electron chi connectivity index (χ3n) is 2.83. The van der Waals surface area contributed by atoms with E-state index in [0.29, 0.717) is 13.1 Å². The van der Waals surface area contributed by atoms with Gasteiger partial charge in [-0.2, -0.15) is 13.2 Å². The first-order valence-corrected chi connectivity index (χ1v) is 5.44. The lowest BCUT2D eigenvalue weighted by molar-refractivity contribution is -0.155. The van der Waals surface area contributed by atoms with Gasteiger partial charge in [0.2, 0.25) is 0 Å². The Balaban J connectivity index is 2.09. The fourth-order valence-electron chi connectivity index (χ4n) is 1.85. The van der Waals surface area contributed by atoms with Crippen molar-refractivity contribution in [2.24, 2.45) is 0 Å². The Kier molecular flexibility index (Phi) is 3.24. The summed E-state index contributed by atoms with van der Waals surface area (Å²) in [6.45, 7) is 2.68. The number of anilines is 1. The summed E-state index contributed by atoms with van der Waals surface area (Å²) in [6, 6.07) is 2.15. The number of nitrogens with zero attached hydrogens (tertiary/aromatic N) is 2. The number of rotatable bonds is 1. The van der Waals surface area contributed by atoms with Crippen molar-refractivity contribution in [1.82, 2.24) is 10.3 Å². The van der Waals surface area contributed by atoms with Crippen LogP contribution in [0.5, 0.6) is 0 Å². The van der Waals surface area contributed by atoms with Gasteiger partial charge in [-0.15, -0.1) is 0 Å². The molecular formula is C11H14F3N3. The molecule has 0 aromatic carbocycles. The molecule has 0 amide bonds. The minimum absolute atomic E-state index is 0.0613. The lowest BCUT2D eigenvalue weighted by Crippen LogP contribution is -2.57. The molecule has 0 radical (unpaired) electrons. The zero-order valence-corrected chi connectivity index (χ0v) is 9.46. The second kappa shape index (κ2) is 4.52. The smallest absolute Gasteiger partial charge is 0.367 e. The summed E-state index contributed by atoms with van der Waals surface area (Å²) in [5.41, 5.74) is 1.60. The Morgan fingerprint density at radius 2 is 2.18 bits per heavy atom. The summed E-state index contributed by atoms with van der Waals surface area (Å²) in [5, 5.41) is 2.48. The van der Waals surface area contributed by atoms with E-state index >= 15 is 0 Å². The van der Waals surface area contributed by atoms with Crippen molar-refractivity contribution in [2.45, 2.75) is 19.1 Å². The molecule has 1 saturated heterocycles. The van der Waals surface area contributed by atoms with Crippen molar-refractivity contribution < 1.29 is 13.2 Å². The minimum atomic E-state index is -4.20. The minimum Gasteiger partial charge on any atom is -0.367 e. The van der Waals surface area contributed by atoms with E-state index in [9.17, 15) is 13.2 Å². The molecule has 6 heteroatoms. The maximum absolute atomic E-state index is 12.6. The summed E-state index contributed by atoms with van der Waals surface area (Å²) in [4.78, 5) is 5.81. The van der Waals surface area contributed by atoms with Crippen LogP contribution in [0.15, 0.2) is 18.3 Å². The number of halogens is 3. The van der Waals surface area contributed by atoms with Gasteiger partial charge in [-0.3, -0.25) is 4.98 Å². The molecule has 1 fully saturated rings. The Hall–Kier alpha value is -1.30. The van der Waals surface area contributed by atoms with Gasteiger partial charge in [-0.25, -0.2) is 0 Å². The van der Waals surface area contributed by atoms with Crippen molar-refractivity contribution in [1.29, 1.82) is 0 Å². The van der Waals surface area contributed by atoms with Gasteiger partial charge in [0.05, 0.1) is 11.9 Å². The van der Waals surface area contributed by atoms with E-state index in [1.807, 2.05) is 6.92 Å². The van der Waals surface area contributed by atoms with Crippen LogP contribution in [0.2, 0.25) is 0 Å². The number of alkyl halides is 3. The highest BCUT2D eigenvalue weighted by Gasteiger charge is 2.41. The Morgan fingerprint density at radius 1 is 1.41 bits per heavy atom. The number of hydrogen-bond acceptors (Lipinski definition) is 3. The van der Waals surface area contributed by atoms with Crippen molar-refractivity contribution >= 4 is 5.69 Å². The lowest BCUT2D eigenvalue weighted by atomic mass is 10.2. The molecule has 0 spiro atoms. The molecule has 94 valence electrons.